The molecule has 2 amide bonds. The minimum Gasteiger partial charge on any atom is -0.480 e. The number of carbonyl (C=O) groups is 2. The monoisotopic (exact) mass is 286 g/mol. The molecule has 3 N–H and O–H groups in total. The highest BCUT2D eigenvalue weighted by atomic mass is 32.2. The molecule has 2 aliphatic carbocycles. The molecule has 0 saturated heterocycles. The van der Waals surface area contributed by atoms with Gasteiger partial charge in [0.05, 0.1) is 0 Å². The van der Waals surface area contributed by atoms with E-state index in [0.717, 1.165) is 11.7 Å². The molecule has 2 fully saturated rings. The van der Waals surface area contributed by atoms with Gasteiger partial charge in [0.1, 0.15) is 6.04 Å². The fraction of sp³-hybridized carbons (Fsp3) is 0.846. The second kappa shape index (κ2) is 6.03. The van der Waals surface area contributed by atoms with E-state index >= 15 is 0 Å². The van der Waals surface area contributed by atoms with Crippen LogP contribution in [0.1, 0.15) is 32.1 Å². The number of carboxylic acid groups (broad SMARTS) is 1. The first-order chi connectivity index (χ1) is 9.07. The van der Waals surface area contributed by atoms with Crippen LogP contribution in [0.25, 0.3) is 0 Å². The van der Waals surface area contributed by atoms with Crippen molar-refractivity contribution in [1.29, 1.82) is 0 Å². The number of thioether (sulfide) groups is 1. The molecular weight excluding hydrogens is 264 g/mol. The van der Waals surface area contributed by atoms with Crippen LogP contribution in [0.2, 0.25) is 0 Å². The molecule has 6 heteroatoms. The van der Waals surface area contributed by atoms with Crippen LogP contribution in [0.3, 0.4) is 0 Å². The summed E-state index contributed by atoms with van der Waals surface area (Å²) in [7, 11) is 0. The third-order valence-corrected chi connectivity index (χ3v) is 4.79. The quantitative estimate of drug-likeness (QED) is 0.634. The lowest BCUT2D eigenvalue weighted by atomic mass is 10.0. The van der Waals surface area contributed by atoms with Crippen molar-refractivity contribution in [3.63, 3.8) is 0 Å². The molecule has 0 aromatic rings. The van der Waals surface area contributed by atoms with E-state index in [9.17, 15) is 9.59 Å². The van der Waals surface area contributed by atoms with E-state index in [0.29, 0.717) is 18.4 Å². The maximum absolute atomic E-state index is 11.7. The van der Waals surface area contributed by atoms with E-state index in [1.165, 1.54) is 25.7 Å². The van der Waals surface area contributed by atoms with Gasteiger partial charge in [-0.1, -0.05) is 0 Å². The summed E-state index contributed by atoms with van der Waals surface area (Å²) in [4.78, 5) is 22.8. The summed E-state index contributed by atoms with van der Waals surface area (Å²) in [5.41, 5.74) is 0.343. The summed E-state index contributed by atoms with van der Waals surface area (Å²) in [5.74, 6) is 0.551. The van der Waals surface area contributed by atoms with E-state index in [2.05, 4.69) is 10.6 Å². The summed E-state index contributed by atoms with van der Waals surface area (Å²) in [6.45, 7) is 0.693. The highest BCUT2D eigenvalue weighted by Crippen LogP contribution is 2.60. The van der Waals surface area contributed by atoms with Crippen molar-refractivity contribution in [3.05, 3.63) is 0 Å². The molecule has 5 nitrogen and oxygen atoms in total. The Morgan fingerprint density at radius 2 is 2.11 bits per heavy atom. The molecule has 0 aromatic heterocycles. The van der Waals surface area contributed by atoms with E-state index < -0.39 is 12.0 Å². The van der Waals surface area contributed by atoms with Crippen molar-refractivity contribution < 1.29 is 14.7 Å². The number of aliphatic carboxylic acids is 1. The van der Waals surface area contributed by atoms with Gasteiger partial charge in [-0.15, -0.1) is 0 Å². The predicted octanol–water partition coefficient (Wildman–Crippen LogP) is 1.68. The molecule has 0 radical (unpaired) electrons. The largest absolute Gasteiger partial charge is 0.480 e. The Balaban J connectivity index is 1.71. The second-order valence-corrected chi connectivity index (χ2v) is 6.62. The third kappa shape index (κ3) is 4.03. The van der Waals surface area contributed by atoms with Gasteiger partial charge in [-0.25, -0.2) is 9.59 Å². The van der Waals surface area contributed by atoms with E-state index in [1.54, 1.807) is 11.8 Å². The van der Waals surface area contributed by atoms with Gasteiger partial charge >= 0.3 is 12.0 Å². The Labute approximate surface area is 117 Å². The Kier molecular flexibility index (Phi) is 4.60. The number of carbonyl (C=O) groups excluding carboxylic acids is 1. The molecule has 0 bridgehead atoms. The SMILES string of the molecule is CSCC[C@H](NC(=O)NCC1(C2CC2)CC1)C(=O)O. The summed E-state index contributed by atoms with van der Waals surface area (Å²) in [6.07, 6.45) is 7.35. The molecule has 2 rings (SSSR count). The lowest BCUT2D eigenvalue weighted by Crippen LogP contribution is -2.47. The molecule has 0 aromatic carbocycles. The van der Waals surface area contributed by atoms with Crippen molar-refractivity contribution in [2.24, 2.45) is 11.3 Å². The zero-order valence-electron chi connectivity index (χ0n) is 11.3. The van der Waals surface area contributed by atoms with Gasteiger partial charge in [0.2, 0.25) is 0 Å². The van der Waals surface area contributed by atoms with Crippen LogP contribution in [0.5, 0.6) is 0 Å². The topological polar surface area (TPSA) is 78.4 Å². The van der Waals surface area contributed by atoms with Crippen LogP contribution >= 0.6 is 11.8 Å². The molecule has 0 spiro atoms. The Hall–Kier alpha value is -0.910. The van der Waals surface area contributed by atoms with Gasteiger partial charge in [-0.2, -0.15) is 11.8 Å². The van der Waals surface area contributed by atoms with Crippen molar-refractivity contribution in [2.75, 3.05) is 18.6 Å². The van der Waals surface area contributed by atoms with E-state index in [-0.39, 0.29) is 6.03 Å². The molecule has 19 heavy (non-hydrogen) atoms. The highest BCUT2D eigenvalue weighted by Gasteiger charge is 2.53. The number of urea groups is 1. The number of carboxylic acids is 1. The zero-order valence-corrected chi connectivity index (χ0v) is 12.1. The number of nitrogens with one attached hydrogen (secondary N) is 2. The Morgan fingerprint density at radius 3 is 2.58 bits per heavy atom. The number of hydrogen-bond donors (Lipinski definition) is 3. The minimum absolute atomic E-state index is 0.343. The van der Waals surface area contributed by atoms with Crippen LogP contribution in [0.15, 0.2) is 0 Å². The molecule has 0 heterocycles. The number of hydrogen-bond acceptors (Lipinski definition) is 3. The van der Waals surface area contributed by atoms with Crippen molar-refractivity contribution in [2.45, 2.75) is 38.1 Å². The molecule has 0 unspecified atom stereocenters. The minimum atomic E-state index is -0.965. The van der Waals surface area contributed by atoms with Gasteiger partial charge in [0.15, 0.2) is 0 Å². The van der Waals surface area contributed by atoms with Crippen molar-refractivity contribution in [1.82, 2.24) is 10.6 Å². The van der Waals surface area contributed by atoms with Crippen LogP contribution in [0, 0.1) is 11.3 Å². The fourth-order valence-electron chi connectivity index (χ4n) is 2.54. The molecule has 2 saturated carbocycles. The van der Waals surface area contributed by atoms with E-state index in [1.807, 2.05) is 6.26 Å². The first-order valence-corrected chi connectivity index (χ1v) is 8.23. The normalized spacial score (nSPS) is 21.5. The predicted molar refractivity (Wildman–Crippen MR) is 75.3 cm³/mol. The van der Waals surface area contributed by atoms with Gasteiger partial charge in [-0.3, -0.25) is 0 Å². The summed E-state index contributed by atoms with van der Waals surface area (Å²) in [6, 6.07) is -1.14. The van der Waals surface area contributed by atoms with Gasteiger partial charge in [0, 0.05) is 6.54 Å². The smallest absolute Gasteiger partial charge is 0.326 e. The molecule has 108 valence electrons. The van der Waals surface area contributed by atoms with Crippen LogP contribution in [-0.4, -0.2) is 41.7 Å². The van der Waals surface area contributed by atoms with Crippen molar-refractivity contribution >= 4 is 23.8 Å². The molecule has 0 aliphatic heterocycles. The van der Waals surface area contributed by atoms with Crippen LogP contribution < -0.4 is 10.6 Å². The highest BCUT2D eigenvalue weighted by molar-refractivity contribution is 7.98. The summed E-state index contributed by atoms with van der Waals surface area (Å²) >= 11 is 1.58. The zero-order chi connectivity index (χ0) is 13.9. The van der Waals surface area contributed by atoms with Crippen LogP contribution in [-0.2, 0) is 4.79 Å². The lowest BCUT2D eigenvalue weighted by molar-refractivity contribution is -0.139. The van der Waals surface area contributed by atoms with E-state index in [4.69, 9.17) is 5.11 Å². The van der Waals surface area contributed by atoms with Crippen molar-refractivity contribution in [3.8, 4) is 0 Å². The lowest BCUT2D eigenvalue weighted by Gasteiger charge is -2.18. The maximum Gasteiger partial charge on any atom is 0.326 e. The average Bonchev–Trinajstić information content (AvgIpc) is 3.24. The Bertz CT molecular complexity index is 354. The van der Waals surface area contributed by atoms with Gasteiger partial charge in [0.25, 0.3) is 0 Å². The Morgan fingerprint density at radius 1 is 1.42 bits per heavy atom. The maximum atomic E-state index is 11.7. The molecule has 2 aliphatic rings. The number of rotatable bonds is 8. The third-order valence-electron chi connectivity index (χ3n) is 4.15. The van der Waals surface area contributed by atoms with Gasteiger partial charge < -0.3 is 15.7 Å². The molecular formula is C13H22N2O3S. The average molecular weight is 286 g/mol. The standard InChI is InChI=1S/C13H22N2O3S/c1-19-7-4-10(11(16)17)15-12(18)14-8-13(5-6-13)9-2-3-9/h9-10H,2-8H2,1H3,(H,16,17)(H2,14,15,18)/t10-/m0/s1. The molecule has 1 atom stereocenters. The summed E-state index contributed by atoms with van der Waals surface area (Å²) in [5, 5.41) is 14.4. The fourth-order valence-corrected chi connectivity index (χ4v) is 3.02. The first-order valence-electron chi connectivity index (χ1n) is 6.83. The first kappa shape index (κ1) is 14.5. The number of amides is 2. The van der Waals surface area contributed by atoms with Crippen LogP contribution in [0.4, 0.5) is 4.79 Å². The summed E-state index contributed by atoms with van der Waals surface area (Å²) < 4.78 is 0. The second-order valence-electron chi connectivity index (χ2n) is 5.64. The van der Waals surface area contributed by atoms with Gasteiger partial charge in [-0.05, 0) is 55.4 Å².